The van der Waals surface area contributed by atoms with Gasteiger partial charge in [-0.2, -0.15) is 4.63 Å². The third-order valence-electron chi connectivity index (χ3n) is 10.3. The number of aromatic amines is 1. The zero-order valence-electron chi connectivity index (χ0n) is 33.2. The number of aryl methyl sites for hydroxylation is 1. The summed E-state index contributed by atoms with van der Waals surface area (Å²) in [6.07, 6.45) is 14.2. The molecule has 58 heavy (non-hydrogen) atoms. The fourth-order valence-electron chi connectivity index (χ4n) is 7.15. The van der Waals surface area contributed by atoms with Gasteiger partial charge in [-0.3, -0.25) is 19.6 Å². The molecule has 304 valence electrons. The van der Waals surface area contributed by atoms with Crippen LogP contribution in [0.25, 0.3) is 27.3 Å². The number of hydrogen-bond acceptors (Lipinski definition) is 10. The molecule has 0 saturated heterocycles. The summed E-state index contributed by atoms with van der Waals surface area (Å²) in [6, 6.07) is 22.9. The maximum absolute atomic E-state index is 13.2. The first-order valence-corrected chi connectivity index (χ1v) is 22.1. The van der Waals surface area contributed by atoms with E-state index in [2.05, 4.69) is 45.6 Å². The number of thiazole rings is 1. The standard InChI is InChI=1S/C44H51N7O5S2/c1-3-4-5-6-7-8-9-10-11-14-26-55-41(53)29-40(52)45-32-22-20-30(21-23-32)42-47-38-28-39(48-51(38)49-42)50(2)44(54)56-33-24-25-34-31(27-33)16-15-19-36(34)57-43-46-35-17-12-13-18-37(35)58-43/h12-13,17-18,20-25,27-28,36H,3-11,14-16,19,26,29H2,1-2H3,(H,45,52)(H,47,49). The number of nitrogens with one attached hydrogen (secondary N) is 2. The fourth-order valence-corrected chi connectivity index (χ4v) is 9.69. The van der Waals surface area contributed by atoms with E-state index >= 15 is 0 Å². The summed E-state index contributed by atoms with van der Waals surface area (Å²) >= 11 is 3.54. The lowest BCUT2D eigenvalue weighted by Crippen LogP contribution is -2.30. The van der Waals surface area contributed by atoms with Gasteiger partial charge < -0.3 is 14.8 Å². The third kappa shape index (κ3) is 10.8. The molecule has 3 aromatic heterocycles. The number of rotatable bonds is 19. The summed E-state index contributed by atoms with van der Waals surface area (Å²) in [5.74, 6) is 0.474. The van der Waals surface area contributed by atoms with Crippen LogP contribution in [0.3, 0.4) is 0 Å². The molecule has 1 aliphatic rings. The predicted octanol–water partition coefficient (Wildman–Crippen LogP) is 10.9. The Hall–Kier alpha value is -5.21. The Kier molecular flexibility index (Phi) is 14.1. The number of nitrogens with zero attached hydrogens (tertiary/aromatic N) is 5. The largest absolute Gasteiger partial charge is 0.465 e. The molecule has 0 spiro atoms. The summed E-state index contributed by atoms with van der Waals surface area (Å²) in [6.45, 7) is 2.57. The van der Waals surface area contributed by atoms with E-state index in [0.29, 0.717) is 40.6 Å². The predicted molar refractivity (Wildman–Crippen MR) is 231 cm³/mol. The Morgan fingerprint density at radius 1 is 0.931 bits per heavy atom. The van der Waals surface area contributed by atoms with Gasteiger partial charge in [0.25, 0.3) is 0 Å². The van der Waals surface area contributed by atoms with Crippen molar-refractivity contribution in [3.05, 3.63) is 83.9 Å². The first-order valence-electron chi connectivity index (χ1n) is 20.4. The summed E-state index contributed by atoms with van der Waals surface area (Å²) in [5, 5.41) is 10.7. The van der Waals surface area contributed by atoms with Crippen molar-refractivity contribution >= 4 is 68.4 Å². The number of unbranched alkanes of at least 4 members (excludes halogenated alkanes) is 9. The topological polar surface area (TPSA) is 144 Å². The average molecular weight is 822 g/mol. The highest BCUT2D eigenvalue weighted by atomic mass is 32.2. The Labute approximate surface area is 347 Å². The zero-order chi connectivity index (χ0) is 40.3. The normalized spacial score (nSPS) is 13.7. The van der Waals surface area contributed by atoms with Gasteiger partial charge in [-0.15, -0.1) is 16.4 Å². The van der Waals surface area contributed by atoms with Crippen molar-refractivity contribution in [3.63, 3.8) is 0 Å². The molecule has 1 unspecified atom stereocenters. The Morgan fingerprint density at radius 3 is 2.45 bits per heavy atom. The molecular formula is C44H51N7O5S2. The number of benzene rings is 3. The van der Waals surface area contributed by atoms with Gasteiger partial charge in [-0.25, -0.2) is 14.8 Å². The van der Waals surface area contributed by atoms with E-state index in [1.54, 1.807) is 36.6 Å². The summed E-state index contributed by atoms with van der Waals surface area (Å²) in [4.78, 5) is 48.7. The number of amides is 2. The molecule has 1 aliphatic carbocycles. The highest BCUT2D eigenvalue weighted by Crippen LogP contribution is 2.46. The van der Waals surface area contributed by atoms with Crippen molar-refractivity contribution in [1.82, 2.24) is 24.8 Å². The van der Waals surface area contributed by atoms with E-state index in [1.165, 1.54) is 70.3 Å². The fraction of sp³-hybridized carbons (Fsp3) is 0.409. The molecular weight excluding hydrogens is 771 g/mol. The minimum atomic E-state index is -0.558. The van der Waals surface area contributed by atoms with Crippen molar-refractivity contribution < 1.29 is 23.9 Å². The van der Waals surface area contributed by atoms with E-state index in [4.69, 9.17) is 14.5 Å². The van der Waals surface area contributed by atoms with Crippen LogP contribution in [0.4, 0.5) is 16.3 Å². The van der Waals surface area contributed by atoms with Gasteiger partial charge in [0.2, 0.25) is 5.91 Å². The second-order valence-electron chi connectivity index (χ2n) is 14.8. The minimum Gasteiger partial charge on any atom is -0.465 e. The van der Waals surface area contributed by atoms with Crippen LogP contribution in [0.1, 0.15) is 107 Å². The van der Waals surface area contributed by atoms with Gasteiger partial charge in [0, 0.05) is 29.6 Å². The first-order chi connectivity index (χ1) is 28.3. The molecule has 2 N–H and O–H groups in total. The number of carbonyl (C=O) groups is 3. The van der Waals surface area contributed by atoms with E-state index in [9.17, 15) is 14.4 Å². The van der Waals surface area contributed by atoms with Gasteiger partial charge in [0.1, 0.15) is 12.2 Å². The lowest BCUT2D eigenvalue weighted by atomic mass is 9.91. The van der Waals surface area contributed by atoms with Crippen molar-refractivity contribution in [2.75, 3.05) is 23.9 Å². The van der Waals surface area contributed by atoms with E-state index in [1.807, 2.05) is 48.2 Å². The number of thioether (sulfide) groups is 1. The van der Waals surface area contributed by atoms with Crippen LogP contribution in [0, 0.1) is 0 Å². The van der Waals surface area contributed by atoms with Gasteiger partial charge in [-0.1, -0.05) is 94.7 Å². The molecule has 0 aliphatic heterocycles. The molecule has 0 saturated carbocycles. The Bertz CT molecular complexity index is 2250. The molecule has 14 heteroatoms. The molecule has 0 fully saturated rings. The number of anilines is 2. The maximum Gasteiger partial charge on any atom is 0.420 e. The summed E-state index contributed by atoms with van der Waals surface area (Å²) in [7, 11) is 1.61. The minimum absolute atomic E-state index is 0.299. The van der Waals surface area contributed by atoms with Crippen LogP contribution in [-0.4, -0.2) is 56.4 Å². The lowest BCUT2D eigenvalue weighted by Gasteiger charge is -2.25. The van der Waals surface area contributed by atoms with Crippen molar-refractivity contribution in [3.8, 4) is 17.1 Å². The van der Waals surface area contributed by atoms with Crippen LogP contribution >= 0.6 is 23.1 Å². The van der Waals surface area contributed by atoms with Crippen LogP contribution in [-0.2, 0) is 20.7 Å². The molecule has 6 aromatic rings. The molecule has 0 bridgehead atoms. The zero-order valence-corrected chi connectivity index (χ0v) is 34.8. The van der Waals surface area contributed by atoms with Crippen LogP contribution in [0.2, 0.25) is 0 Å². The quantitative estimate of drug-likeness (QED) is 0.0463. The average Bonchev–Trinajstić information content (AvgIpc) is 3.94. The number of esters is 1. The number of hydrogen-bond donors (Lipinski definition) is 2. The second-order valence-corrected chi connectivity index (χ2v) is 17.3. The van der Waals surface area contributed by atoms with Crippen LogP contribution in [0.5, 0.6) is 5.75 Å². The second kappa shape index (κ2) is 20.0. The van der Waals surface area contributed by atoms with Gasteiger partial charge >= 0.3 is 12.1 Å². The van der Waals surface area contributed by atoms with Gasteiger partial charge in [-0.05, 0) is 85.3 Å². The molecule has 3 aromatic carbocycles. The van der Waals surface area contributed by atoms with E-state index in [-0.39, 0.29) is 6.42 Å². The molecule has 1 atom stereocenters. The van der Waals surface area contributed by atoms with Crippen LogP contribution in [0.15, 0.2) is 77.1 Å². The smallest absolute Gasteiger partial charge is 0.420 e. The molecule has 0 radical (unpaired) electrons. The number of fused-ring (bicyclic) bond motifs is 3. The molecule has 3 heterocycles. The number of para-hydroxylation sites is 1. The SMILES string of the molecule is CCCCCCCCCCCCOC(=O)CC(=O)Nc1ccc(-c2nc3cc(N(C)C(=O)Oc4ccc5c(c4)CCCC5Sc4nc5ccccc5s4)nn3[nH]2)cc1. The molecule has 2 amide bonds. The monoisotopic (exact) mass is 821 g/mol. The molecule has 7 rings (SSSR count). The summed E-state index contributed by atoms with van der Waals surface area (Å²) in [5.41, 5.74) is 5.32. The Balaban J connectivity index is 0.848. The van der Waals surface area contributed by atoms with Crippen molar-refractivity contribution in [2.24, 2.45) is 0 Å². The highest BCUT2D eigenvalue weighted by Gasteiger charge is 2.25. The highest BCUT2D eigenvalue weighted by molar-refractivity contribution is 8.01. The third-order valence-corrected chi connectivity index (χ3v) is 12.8. The summed E-state index contributed by atoms with van der Waals surface area (Å²) < 4.78 is 14.8. The lowest BCUT2D eigenvalue weighted by molar-refractivity contribution is -0.145. The maximum atomic E-state index is 13.2. The van der Waals surface area contributed by atoms with Gasteiger partial charge in [0.05, 0.1) is 16.8 Å². The number of aromatic nitrogens is 5. The van der Waals surface area contributed by atoms with Crippen molar-refractivity contribution in [1.29, 1.82) is 0 Å². The first kappa shape index (κ1) is 41.0. The number of carbonyl (C=O) groups excluding carboxylic acids is 3. The van der Waals surface area contributed by atoms with E-state index in [0.717, 1.165) is 53.9 Å². The van der Waals surface area contributed by atoms with Gasteiger partial charge in [0.15, 0.2) is 21.6 Å². The molecule has 12 nitrogen and oxygen atoms in total. The van der Waals surface area contributed by atoms with E-state index < -0.39 is 18.0 Å². The van der Waals surface area contributed by atoms with Crippen LogP contribution < -0.4 is 15.0 Å². The number of H-pyrrole nitrogens is 1. The van der Waals surface area contributed by atoms with Crippen molar-refractivity contribution in [2.45, 2.75) is 106 Å². The number of ether oxygens (including phenoxy) is 2. The Morgan fingerprint density at radius 2 is 1.69 bits per heavy atom.